The molecule has 0 aliphatic carbocycles. The molecule has 0 saturated heterocycles. The van der Waals surface area contributed by atoms with Crippen molar-refractivity contribution >= 4 is 18.0 Å². The quantitative estimate of drug-likeness (QED) is 0.893. The van der Waals surface area contributed by atoms with Gasteiger partial charge in [0.2, 0.25) is 0 Å². The number of para-hydroxylation sites is 1. The van der Waals surface area contributed by atoms with E-state index in [1.54, 1.807) is 18.3 Å². The zero-order valence-electron chi connectivity index (χ0n) is 12.0. The van der Waals surface area contributed by atoms with Gasteiger partial charge in [-0.1, -0.05) is 18.2 Å². The fourth-order valence-corrected chi connectivity index (χ4v) is 1.86. The number of ether oxygens (including phenoxy) is 1. The number of anilines is 1. The van der Waals surface area contributed by atoms with Crippen LogP contribution in [0, 0.1) is 0 Å². The lowest BCUT2D eigenvalue weighted by Gasteiger charge is -2.18. The fourth-order valence-electron chi connectivity index (χ4n) is 1.86. The maximum atomic E-state index is 11.9. The lowest BCUT2D eigenvalue weighted by molar-refractivity contribution is 0.191. The minimum absolute atomic E-state index is 0.192. The lowest BCUT2D eigenvalue weighted by Crippen LogP contribution is -2.19. The highest BCUT2D eigenvalue weighted by atomic mass is 16.6. The van der Waals surface area contributed by atoms with Crippen LogP contribution in [0.5, 0.6) is 0 Å². The Morgan fingerprint density at radius 1 is 1.38 bits per heavy atom. The summed E-state index contributed by atoms with van der Waals surface area (Å²) in [5.74, 6) is 0.484. The zero-order chi connectivity index (χ0) is 15.2. The average molecular weight is 286 g/mol. The highest BCUT2D eigenvalue weighted by Gasteiger charge is 2.18. The smallest absolute Gasteiger partial charge is 0.406 e. The molecular weight excluding hydrogens is 268 g/mol. The number of hydrogen-bond donors (Lipinski definition) is 2. The van der Waals surface area contributed by atoms with Crippen molar-refractivity contribution in [1.82, 2.24) is 4.90 Å². The van der Waals surface area contributed by atoms with E-state index in [4.69, 9.17) is 10.5 Å². The molecule has 110 valence electrons. The van der Waals surface area contributed by atoms with E-state index >= 15 is 0 Å². The van der Waals surface area contributed by atoms with Gasteiger partial charge in [-0.05, 0) is 12.1 Å². The number of aliphatic imine (C=N–C) groups is 1. The third-order valence-corrected chi connectivity index (χ3v) is 2.69. The van der Waals surface area contributed by atoms with Crippen molar-refractivity contribution in [3.63, 3.8) is 0 Å². The third-order valence-electron chi connectivity index (χ3n) is 2.69. The first-order valence-corrected chi connectivity index (χ1v) is 6.50. The normalized spacial score (nSPS) is 16.0. The van der Waals surface area contributed by atoms with Gasteiger partial charge in [-0.2, -0.15) is 0 Å². The van der Waals surface area contributed by atoms with E-state index in [1.165, 1.54) is 0 Å². The number of benzene rings is 1. The molecule has 6 heteroatoms. The highest BCUT2D eigenvalue weighted by Crippen LogP contribution is 2.22. The molecule has 0 bridgehead atoms. The van der Waals surface area contributed by atoms with Crippen LogP contribution in [0.15, 0.2) is 58.7 Å². The minimum atomic E-state index is -0.596. The number of nitrogens with two attached hydrogens (primary N) is 1. The Bertz CT molecular complexity index is 603. The van der Waals surface area contributed by atoms with Crippen molar-refractivity contribution in [3.05, 3.63) is 53.7 Å². The summed E-state index contributed by atoms with van der Waals surface area (Å²) in [6.07, 6.45) is 3.50. The van der Waals surface area contributed by atoms with Gasteiger partial charge in [-0.15, -0.1) is 0 Å². The molecule has 2 rings (SSSR count). The molecule has 0 aromatic heterocycles. The summed E-state index contributed by atoms with van der Waals surface area (Å²) in [4.78, 5) is 17.8. The predicted octanol–water partition coefficient (Wildman–Crippen LogP) is 2.28. The average Bonchev–Trinajstić information content (AvgIpc) is 2.43. The lowest BCUT2D eigenvalue weighted by atomic mass is 10.1. The van der Waals surface area contributed by atoms with Gasteiger partial charge in [0.25, 0.3) is 0 Å². The summed E-state index contributed by atoms with van der Waals surface area (Å²) in [6, 6.07) is 9.06. The largest absolute Gasteiger partial charge is 0.417 e. The summed E-state index contributed by atoms with van der Waals surface area (Å²) >= 11 is 0. The zero-order valence-corrected chi connectivity index (χ0v) is 12.0. The van der Waals surface area contributed by atoms with Crippen LogP contribution in [-0.4, -0.2) is 31.3 Å². The Labute approximate surface area is 123 Å². The molecule has 0 unspecified atom stereocenters. The van der Waals surface area contributed by atoms with Crippen LogP contribution in [0.1, 0.15) is 6.42 Å². The second-order valence-electron chi connectivity index (χ2n) is 4.73. The van der Waals surface area contributed by atoms with Crippen LogP contribution in [0.3, 0.4) is 0 Å². The maximum absolute atomic E-state index is 11.9. The molecule has 0 saturated carbocycles. The highest BCUT2D eigenvalue weighted by molar-refractivity contribution is 5.86. The van der Waals surface area contributed by atoms with Crippen LogP contribution in [0.2, 0.25) is 0 Å². The number of rotatable bonds is 3. The molecular formula is C15H18N4O2. The van der Waals surface area contributed by atoms with Gasteiger partial charge in [0, 0.05) is 44.2 Å². The number of hydrogen-bond acceptors (Lipinski definition) is 5. The van der Waals surface area contributed by atoms with Crippen LogP contribution in [0.4, 0.5) is 10.5 Å². The first-order chi connectivity index (χ1) is 10.1. The first-order valence-electron chi connectivity index (χ1n) is 6.50. The Kier molecular flexibility index (Phi) is 4.61. The molecule has 0 atom stereocenters. The van der Waals surface area contributed by atoms with Gasteiger partial charge in [0.05, 0.1) is 0 Å². The first kappa shape index (κ1) is 14.6. The van der Waals surface area contributed by atoms with Gasteiger partial charge >= 0.3 is 6.09 Å². The van der Waals surface area contributed by atoms with E-state index < -0.39 is 6.09 Å². The maximum Gasteiger partial charge on any atom is 0.417 e. The Balaban J connectivity index is 2.12. The number of amides is 1. The van der Waals surface area contributed by atoms with Crippen molar-refractivity contribution in [2.45, 2.75) is 6.42 Å². The van der Waals surface area contributed by atoms with Gasteiger partial charge in [-0.3, -0.25) is 5.32 Å². The molecule has 1 aromatic rings. The van der Waals surface area contributed by atoms with E-state index in [0.717, 1.165) is 5.57 Å². The third kappa shape index (κ3) is 4.10. The number of carbonyl (C=O) groups excluding carboxylic acids is 1. The van der Waals surface area contributed by atoms with Gasteiger partial charge < -0.3 is 15.4 Å². The molecule has 0 fully saturated rings. The second kappa shape index (κ2) is 6.60. The number of nitrogens with zero attached hydrogens (tertiary/aromatic N) is 2. The van der Waals surface area contributed by atoms with Crippen molar-refractivity contribution < 1.29 is 9.53 Å². The van der Waals surface area contributed by atoms with Crippen LogP contribution >= 0.6 is 0 Å². The Morgan fingerprint density at radius 2 is 2.10 bits per heavy atom. The SMILES string of the molecule is CN(C)C=C1CC=NC(N)=C1OC(=O)Nc1ccccc1. The Hall–Kier alpha value is -2.76. The summed E-state index contributed by atoms with van der Waals surface area (Å²) in [7, 11) is 3.77. The van der Waals surface area contributed by atoms with Crippen molar-refractivity contribution in [1.29, 1.82) is 0 Å². The Morgan fingerprint density at radius 3 is 2.76 bits per heavy atom. The molecule has 1 aliphatic heterocycles. The van der Waals surface area contributed by atoms with Crippen molar-refractivity contribution in [2.75, 3.05) is 19.4 Å². The summed E-state index contributed by atoms with van der Waals surface area (Å²) in [5, 5.41) is 2.64. The second-order valence-corrected chi connectivity index (χ2v) is 4.73. The van der Waals surface area contributed by atoms with E-state index in [9.17, 15) is 4.79 Å². The monoisotopic (exact) mass is 286 g/mol. The minimum Gasteiger partial charge on any atom is -0.406 e. The van der Waals surface area contributed by atoms with Crippen LogP contribution in [-0.2, 0) is 4.74 Å². The number of allylic oxidation sites excluding steroid dienone is 1. The molecule has 0 radical (unpaired) electrons. The topological polar surface area (TPSA) is 79.9 Å². The van der Waals surface area contributed by atoms with Crippen LogP contribution < -0.4 is 11.1 Å². The van der Waals surface area contributed by atoms with Crippen molar-refractivity contribution in [3.8, 4) is 0 Å². The molecule has 0 spiro atoms. The summed E-state index contributed by atoms with van der Waals surface area (Å²) in [6.45, 7) is 0. The van der Waals surface area contributed by atoms with E-state index in [-0.39, 0.29) is 5.82 Å². The summed E-state index contributed by atoms with van der Waals surface area (Å²) < 4.78 is 5.32. The molecule has 1 aliphatic rings. The molecule has 1 heterocycles. The molecule has 21 heavy (non-hydrogen) atoms. The molecule has 1 amide bonds. The van der Waals surface area contributed by atoms with E-state index in [2.05, 4.69) is 10.3 Å². The van der Waals surface area contributed by atoms with E-state index in [0.29, 0.717) is 17.9 Å². The predicted molar refractivity (Wildman–Crippen MR) is 82.6 cm³/mol. The standard InChI is InChI=1S/C15H18N4O2/c1-19(2)10-11-8-9-17-14(16)13(11)21-15(20)18-12-6-4-3-5-7-12/h3-7,9-10H,8,16H2,1-2H3,(H,18,20). The van der Waals surface area contributed by atoms with Gasteiger partial charge in [0.1, 0.15) is 0 Å². The van der Waals surface area contributed by atoms with Crippen molar-refractivity contribution in [2.24, 2.45) is 10.7 Å². The van der Waals surface area contributed by atoms with Crippen LogP contribution in [0.25, 0.3) is 0 Å². The number of carbonyl (C=O) groups is 1. The van der Waals surface area contributed by atoms with Gasteiger partial charge in [0.15, 0.2) is 11.6 Å². The molecule has 6 nitrogen and oxygen atoms in total. The molecule has 1 aromatic carbocycles. The fraction of sp³-hybridized carbons (Fsp3) is 0.200. The number of nitrogens with one attached hydrogen (secondary N) is 1. The molecule has 3 N–H and O–H groups in total. The summed E-state index contributed by atoms with van der Waals surface area (Å²) in [5.41, 5.74) is 7.26. The van der Waals surface area contributed by atoms with E-state index in [1.807, 2.05) is 43.4 Å². The van der Waals surface area contributed by atoms with Gasteiger partial charge in [-0.25, -0.2) is 9.79 Å².